The molecule has 0 aromatic carbocycles. The Labute approximate surface area is 127 Å². The van der Waals surface area contributed by atoms with Gasteiger partial charge < -0.3 is 10.2 Å². The van der Waals surface area contributed by atoms with Crippen molar-refractivity contribution in [2.24, 2.45) is 17.6 Å². The molecule has 0 amide bonds. The van der Waals surface area contributed by atoms with Gasteiger partial charge in [-0.2, -0.15) is 0 Å². The van der Waals surface area contributed by atoms with E-state index in [1.165, 1.54) is 12.2 Å². The van der Waals surface area contributed by atoms with E-state index in [0.29, 0.717) is 35.0 Å². The van der Waals surface area contributed by atoms with Crippen LogP contribution in [0.3, 0.4) is 0 Å². The zero-order valence-electron chi connectivity index (χ0n) is 14.6. The maximum atomic E-state index is 6.86. The van der Waals surface area contributed by atoms with Crippen LogP contribution in [-0.4, -0.2) is 14.9 Å². The van der Waals surface area contributed by atoms with Gasteiger partial charge in [-0.05, 0) is 41.5 Å². The molecule has 0 fully saturated rings. The second-order valence-corrected chi connectivity index (χ2v) is 12.8. The van der Waals surface area contributed by atoms with Crippen LogP contribution in [0.15, 0.2) is 11.8 Å². The van der Waals surface area contributed by atoms with Gasteiger partial charge in [0.1, 0.15) is 0 Å². The van der Waals surface area contributed by atoms with E-state index in [0.717, 1.165) is 6.42 Å². The van der Waals surface area contributed by atoms with Crippen LogP contribution in [0.1, 0.15) is 61.3 Å². The molecule has 118 valence electrons. The van der Waals surface area contributed by atoms with Crippen molar-refractivity contribution < 1.29 is 4.43 Å². The van der Waals surface area contributed by atoms with Gasteiger partial charge in [-0.3, -0.25) is 0 Å². The van der Waals surface area contributed by atoms with E-state index in [1.807, 2.05) is 0 Å². The Morgan fingerprint density at radius 3 is 2.05 bits per heavy atom. The Kier molecular flexibility index (Phi) is 6.33. The Hall–Kier alpha value is -0.283. The van der Waals surface area contributed by atoms with E-state index >= 15 is 0 Å². The van der Waals surface area contributed by atoms with E-state index in [1.54, 1.807) is 0 Å². The second kappa shape index (κ2) is 7.12. The van der Waals surface area contributed by atoms with Gasteiger partial charge in [0, 0.05) is 12.5 Å². The molecule has 3 heteroatoms. The summed E-state index contributed by atoms with van der Waals surface area (Å²) < 4.78 is 6.86. The van der Waals surface area contributed by atoms with E-state index in [-0.39, 0.29) is 0 Å². The lowest BCUT2D eigenvalue weighted by Gasteiger charge is -2.45. The van der Waals surface area contributed by atoms with Crippen LogP contribution in [0.25, 0.3) is 0 Å². The summed E-state index contributed by atoms with van der Waals surface area (Å²) in [5.74, 6) is 2.29. The molecule has 2 nitrogen and oxygen atoms in total. The van der Waals surface area contributed by atoms with Crippen molar-refractivity contribution in [1.82, 2.24) is 0 Å². The monoisotopic (exact) mass is 297 g/mol. The molecule has 2 atom stereocenters. The first-order chi connectivity index (χ1) is 9.27. The number of nitrogens with two attached hydrogens (primary N) is 1. The molecule has 0 aromatic rings. The maximum Gasteiger partial charge on any atom is 0.258 e. The van der Waals surface area contributed by atoms with Crippen molar-refractivity contribution in [2.45, 2.75) is 77.9 Å². The number of allylic oxidation sites excluding steroid dienone is 1. The summed E-state index contributed by atoms with van der Waals surface area (Å²) in [6.07, 6.45) is 4.71. The molecule has 0 radical (unpaired) electrons. The fraction of sp³-hybridized carbons (Fsp3) is 0.882. The van der Waals surface area contributed by atoms with Gasteiger partial charge in [0.2, 0.25) is 0 Å². The average Bonchev–Trinajstić information content (AvgIpc) is 2.34. The molecule has 0 bridgehead atoms. The van der Waals surface area contributed by atoms with Crippen LogP contribution in [-0.2, 0) is 4.43 Å². The highest BCUT2D eigenvalue weighted by molar-refractivity contribution is 6.77. The molecular formula is C17H35NOSi. The molecule has 0 aromatic heterocycles. The lowest BCUT2D eigenvalue weighted by molar-refractivity contribution is 0.243. The first-order valence-electron chi connectivity index (χ1n) is 8.36. The molecule has 0 spiro atoms. The van der Waals surface area contributed by atoms with Gasteiger partial charge >= 0.3 is 0 Å². The molecular weight excluding hydrogens is 262 g/mol. The van der Waals surface area contributed by atoms with Crippen molar-refractivity contribution >= 4 is 8.32 Å². The summed E-state index contributed by atoms with van der Waals surface area (Å²) in [5, 5.41) is 0. The summed E-state index contributed by atoms with van der Waals surface area (Å²) in [4.78, 5) is 0. The van der Waals surface area contributed by atoms with E-state index in [4.69, 9.17) is 10.2 Å². The molecule has 20 heavy (non-hydrogen) atoms. The van der Waals surface area contributed by atoms with E-state index < -0.39 is 8.32 Å². The van der Waals surface area contributed by atoms with Crippen molar-refractivity contribution in [3.05, 3.63) is 11.8 Å². The fourth-order valence-electron chi connectivity index (χ4n) is 4.14. The first kappa shape index (κ1) is 17.8. The van der Waals surface area contributed by atoms with Crippen molar-refractivity contribution in [2.75, 3.05) is 6.54 Å². The predicted octanol–water partition coefficient (Wildman–Crippen LogP) is 5.07. The van der Waals surface area contributed by atoms with Crippen LogP contribution >= 0.6 is 0 Å². The Balaban J connectivity index is 3.09. The highest BCUT2D eigenvalue weighted by atomic mass is 28.4. The highest BCUT2D eigenvalue weighted by Crippen LogP contribution is 2.45. The summed E-state index contributed by atoms with van der Waals surface area (Å²) in [7, 11) is -1.83. The predicted molar refractivity (Wildman–Crippen MR) is 91.2 cm³/mol. The SMILES string of the molecule is CC(C)[Si](OC1=CCC[C@H](C)[C@@H]1CN)(C(C)C)C(C)C. The molecule has 0 aliphatic heterocycles. The quantitative estimate of drug-likeness (QED) is 0.695. The minimum atomic E-state index is -1.83. The van der Waals surface area contributed by atoms with Crippen molar-refractivity contribution in [3.63, 3.8) is 0 Å². The summed E-state index contributed by atoms with van der Waals surface area (Å²) >= 11 is 0. The number of hydrogen-bond donors (Lipinski definition) is 1. The number of hydrogen-bond acceptors (Lipinski definition) is 2. The normalized spacial score (nSPS) is 24.4. The molecule has 1 aliphatic rings. The van der Waals surface area contributed by atoms with Crippen LogP contribution in [0.2, 0.25) is 16.6 Å². The lowest BCUT2D eigenvalue weighted by Crippen LogP contribution is -2.49. The molecule has 0 saturated carbocycles. The molecule has 1 aliphatic carbocycles. The van der Waals surface area contributed by atoms with Gasteiger partial charge in [-0.15, -0.1) is 0 Å². The van der Waals surface area contributed by atoms with Crippen molar-refractivity contribution in [3.8, 4) is 0 Å². The molecule has 1 rings (SSSR count). The van der Waals surface area contributed by atoms with Gasteiger partial charge in [-0.1, -0.05) is 48.5 Å². The topological polar surface area (TPSA) is 35.2 Å². The fourth-order valence-corrected chi connectivity index (χ4v) is 9.50. The van der Waals surface area contributed by atoms with Crippen LogP contribution in [0.4, 0.5) is 0 Å². The molecule has 0 unspecified atom stereocenters. The van der Waals surface area contributed by atoms with Crippen LogP contribution < -0.4 is 5.73 Å². The molecule has 2 N–H and O–H groups in total. The molecule has 0 heterocycles. The van der Waals surface area contributed by atoms with Gasteiger partial charge in [0.15, 0.2) is 0 Å². The largest absolute Gasteiger partial charge is 0.546 e. The summed E-state index contributed by atoms with van der Waals surface area (Å²) in [6.45, 7) is 17.1. The standard InChI is InChI=1S/C17H35NOSi/c1-12(2)20(13(3)4,14(5)6)19-17-10-8-9-15(7)16(17)11-18/h10,12-16H,8-9,11,18H2,1-7H3/t15-,16-/m0/s1. The van der Waals surface area contributed by atoms with Gasteiger partial charge in [-0.25, -0.2) is 0 Å². The number of rotatable bonds is 6. The van der Waals surface area contributed by atoms with Crippen LogP contribution in [0.5, 0.6) is 0 Å². The van der Waals surface area contributed by atoms with Gasteiger partial charge in [0.05, 0.1) is 5.76 Å². The van der Waals surface area contributed by atoms with Gasteiger partial charge in [0.25, 0.3) is 8.32 Å². The Bertz CT molecular complexity index is 314. The second-order valence-electron chi connectivity index (χ2n) is 7.42. The minimum Gasteiger partial charge on any atom is -0.546 e. The van der Waals surface area contributed by atoms with Crippen LogP contribution in [0, 0.1) is 11.8 Å². The third-order valence-corrected chi connectivity index (χ3v) is 11.3. The maximum absolute atomic E-state index is 6.86. The third-order valence-electron chi connectivity index (χ3n) is 5.28. The minimum absolute atomic E-state index is 0.423. The summed E-state index contributed by atoms with van der Waals surface area (Å²) in [6, 6.07) is 0. The van der Waals surface area contributed by atoms with E-state index in [2.05, 4.69) is 54.5 Å². The Morgan fingerprint density at radius 1 is 1.15 bits per heavy atom. The summed E-state index contributed by atoms with van der Waals surface area (Å²) in [5.41, 5.74) is 7.90. The highest BCUT2D eigenvalue weighted by Gasteiger charge is 2.48. The average molecular weight is 298 g/mol. The smallest absolute Gasteiger partial charge is 0.258 e. The first-order valence-corrected chi connectivity index (χ1v) is 10.5. The van der Waals surface area contributed by atoms with Crippen molar-refractivity contribution in [1.29, 1.82) is 0 Å². The lowest BCUT2D eigenvalue weighted by atomic mass is 9.84. The van der Waals surface area contributed by atoms with E-state index in [9.17, 15) is 0 Å². The Morgan fingerprint density at radius 2 is 1.65 bits per heavy atom. The third kappa shape index (κ3) is 3.30. The zero-order valence-corrected chi connectivity index (χ0v) is 15.6. The zero-order chi connectivity index (χ0) is 15.5. The molecule has 0 saturated heterocycles.